The number of benzene rings is 1. The van der Waals surface area contributed by atoms with Gasteiger partial charge in [0.25, 0.3) is 5.91 Å². The topological polar surface area (TPSA) is 90.5 Å². The van der Waals surface area contributed by atoms with Crippen LogP contribution in [-0.4, -0.2) is 72.0 Å². The summed E-state index contributed by atoms with van der Waals surface area (Å²) in [4.78, 5) is 38.0. The lowest BCUT2D eigenvalue weighted by Crippen LogP contribution is -2.50. The molecule has 8 nitrogen and oxygen atoms in total. The van der Waals surface area contributed by atoms with Gasteiger partial charge in [-0.3, -0.25) is 14.5 Å². The Balaban J connectivity index is 1.42. The van der Waals surface area contributed by atoms with Gasteiger partial charge in [0.1, 0.15) is 23.2 Å². The molecule has 2 amide bonds. The van der Waals surface area contributed by atoms with E-state index in [1.165, 1.54) is 6.07 Å². The number of hydrogen-bond acceptors (Lipinski definition) is 6. The molecule has 2 aromatic rings. The Morgan fingerprint density at radius 1 is 1.03 bits per heavy atom. The molecule has 1 fully saturated rings. The Kier molecular flexibility index (Phi) is 8.65. The summed E-state index contributed by atoms with van der Waals surface area (Å²) in [5.74, 6) is -2.76. The second kappa shape index (κ2) is 11.6. The third-order valence-corrected chi connectivity index (χ3v) is 5.58. The van der Waals surface area contributed by atoms with Crippen LogP contribution in [0.2, 0.25) is 0 Å². The third kappa shape index (κ3) is 6.67. The monoisotopic (exact) mass is 460 g/mol. The minimum absolute atomic E-state index is 0.253. The Hall–Kier alpha value is -3.14. The summed E-state index contributed by atoms with van der Waals surface area (Å²) in [6.45, 7) is 8.22. The zero-order valence-electron chi connectivity index (χ0n) is 18.9. The Labute approximate surface area is 192 Å². The standard InChI is InChI=1S/C23H30F2N6O2/c1-16(2)20(29-21(32)19-17(24)6-3-7-18(19)25)22(33)26-10-5-11-30-12-14-31(15-13-30)23-27-8-4-9-28-23/h3-4,6-9,16,20H,5,10-15H2,1-2H3,(H,26,33)(H,29,32)/t20-/m0/s1. The van der Waals surface area contributed by atoms with Crippen molar-refractivity contribution >= 4 is 17.8 Å². The van der Waals surface area contributed by atoms with Crippen LogP contribution in [0.15, 0.2) is 36.7 Å². The van der Waals surface area contributed by atoms with Crippen molar-refractivity contribution in [2.45, 2.75) is 26.3 Å². The van der Waals surface area contributed by atoms with Crippen LogP contribution in [0.4, 0.5) is 14.7 Å². The first-order chi connectivity index (χ1) is 15.9. The van der Waals surface area contributed by atoms with E-state index in [1.807, 2.05) is 0 Å². The minimum Gasteiger partial charge on any atom is -0.354 e. The summed E-state index contributed by atoms with van der Waals surface area (Å²) in [6, 6.07) is 4.10. The molecule has 1 aromatic carbocycles. The summed E-state index contributed by atoms with van der Waals surface area (Å²) in [7, 11) is 0. The molecule has 178 valence electrons. The normalized spacial score (nSPS) is 15.4. The number of amides is 2. The van der Waals surface area contributed by atoms with Gasteiger partial charge in [0, 0.05) is 45.1 Å². The number of piperazine rings is 1. The maximum absolute atomic E-state index is 13.9. The van der Waals surface area contributed by atoms with Gasteiger partial charge < -0.3 is 15.5 Å². The first-order valence-electron chi connectivity index (χ1n) is 11.1. The van der Waals surface area contributed by atoms with Gasteiger partial charge in [-0.2, -0.15) is 0 Å². The second-order valence-corrected chi connectivity index (χ2v) is 8.31. The average molecular weight is 461 g/mol. The van der Waals surface area contributed by atoms with Gasteiger partial charge in [-0.15, -0.1) is 0 Å². The van der Waals surface area contributed by atoms with E-state index in [0.29, 0.717) is 6.54 Å². The summed E-state index contributed by atoms with van der Waals surface area (Å²) in [5, 5.41) is 5.29. The highest BCUT2D eigenvalue weighted by atomic mass is 19.1. The zero-order valence-corrected chi connectivity index (χ0v) is 18.9. The van der Waals surface area contributed by atoms with Crippen LogP contribution in [0.5, 0.6) is 0 Å². The van der Waals surface area contributed by atoms with Gasteiger partial charge in [-0.1, -0.05) is 19.9 Å². The number of halogens is 2. The Bertz CT molecular complexity index is 916. The van der Waals surface area contributed by atoms with Crippen molar-refractivity contribution < 1.29 is 18.4 Å². The Morgan fingerprint density at radius 2 is 1.67 bits per heavy atom. The van der Waals surface area contributed by atoms with Crippen molar-refractivity contribution in [2.75, 3.05) is 44.2 Å². The first-order valence-corrected chi connectivity index (χ1v) is 11.1. The molecule has 0 radical (unpaired) electrons. The minimum atomic E-state index is -0.964. The molecular formula is C23H30F2N6O2. The molecule has 0 spiro atoms. The number of aromatic nitrogens is 2. The molecule has 0 saturated carbocycles. The maximum atomic E-state index is 13.9. The molecule has 1 atom stereocenters. The lowest BCUT2D eigenvalue weighted by atomic mass is 10.0. The van der Waals surface area contributed by atoms with Crippen LogP contribution < -0.4 is 15.5 Å². The Morgan fingerprint density at radius 3 is 2.27 bits per heavy atom. The van der Waals surface area contributed by atoms with Gasteiger partial charge in [0.05, 0.1) is 0 Å². The molecule has 10 heteroatoms. The highest BCUT2D eigenvalue weighted by Gasteiger charge is 2.27. The molecule has 0 bridgehead atoms. The lowest BCUT2D eigenvalue weighted by molar-refractivity contribution is -0.123. The van der Waals surface area contributed by atoms with Crippen LogP contribution in [-0.2, 0) is 4.79 Å². The number of carbonyl (C=O) groups is 2. The average Bonchev–Trinajstić information content (AvgIpc) is 2.81. The van der Waals surface area contributed by atoms with Gasteiger partial charge in [-0.05, 0) is 37.1 Å². The van der Waals surface area contributed by atoms with Gasteiger partial charge in [0.15, 0.2) is 0 Å². The van der Waals surface area contributed by atoms with E-state index in [4.69, 9.17) is 0 Å². The molecule has 1 aromatic heterocycles. The number of hydrogen-bond donors (Lipinski definition) is 2. The predicted molar refractivity (Wildman–Crippen MR) is 121 cm³/mol. The van der Waals surface area contributed by atoms with E-state index in [-0.39, 0.29) is 11.8 Å². The van der Waals surface area contributed by atoms with Crippen LogP contribution >= 0.6 is 0 Å². The molecule has 1 aliphatic rings. The number of nitrogens with zero attached hydrogens (tertiary/aromatic N) is 4. The number of carbonyl (C=O) groups excluding carboxylic acids is 2. The van der Waals surface area contributed by atoms with E-state index < -0.39 is 29.1 Å². The number of rotatable bonds is 9. The van der Waals surface area contributed by atoms with Crippen molar-refractivity contribution in [3.05, 3.63) is 53.9 Å². The fraction of sp³-hybridized carbons (Fsp3) is 0.478. The van der Waals surface area contributed by atoms with Crippen LogP contribution in [0.1, 0.15) is 30.6 Å². The van der Waals surface area contributed by atoms with Crippen molar-refractivity contribution in [1.29, 1.82) is 0 Å². The van der Waals surface area contributed by atoms with Crippen molar-refractivity contribution in [1.82, 2.24) is 25.5 Å². The van der Waals surface area contributed by atoms with E-state index in [2.05, 4.69) is 30.4 Å². The van der Waals surface area contributed by atoms with Gasteiger partial charge in [0.2, 0.25) is 11.9 Å². The van der Waals surface area contributed by atoms with Crippen LogP contribution in [0, 0.1) is 17.6 Å². The summed E-state index contributed by atoms with van der Waals surface area (Å²) in [6.07, 6.45) is 4.21. The molecule has 0 unspecified atom stereocenters. The first kappa shape index (κ1) is 24.5. The highest BCUT2D eigenvalue weighted by molar-refractivity contribution is 5.98. The third-order valence-electron chi connectivity index (χ3n) is 5.58. The molecule has 2 N–H and O–H groups in total. The van der Waals surface area contributed by atoms with Crippen LogP contribution in [0.3, 0.4) is 0 Å². The second-order valence-electron chi connectivity index (χ2n) is 8.31. The van der Waals surface area contributed by atoms with E-state index >= 15 is 0 Å². The quantitative estimate of drug-likeness (QED) is 0.555. The lowest BCUT2D eigenvalue weighted by Gasteiger charge is -2.34. The molecule has 33 heavy (non-hydrogen) atoms. The van der Waals surface area contributed by atoms with E-state index in [9.17, 15) is 18.4 Å². The number of anilines is 1. The molecule has 3 rings (SSSR count). The fourth-order valence-corrected chi connectivity index (χ4v) is 3.71. The van der Waals surface area contributed by atoms with Crippen LogP contribution in [0.25, 0.3) is 0 Å². The number of nitrogens with one attached hydrogen (secondary N) is 2. The van der Waals surface area contributed by atoms with Gasteiger partial charge >= 0.3 is 0 Å². The SMILES string of the molecule is CC(C)[C@H](NC(=O)c1c(F)cccc1F)C(=O)NCCCN1CCN(c2ncccn2)CC1. The van der Waals surface area contributed by atoms with E-state index in [1.54, 1.807) is 32.3 Å². The summed E-state index contributed by atoms with van der Waals surface area (Å²) in [5.41, 5.74) is -0.684. The highest BCUT2D eigenvalue weighted by Crippen LogP contribution is 2.13. The van der Waals surface area contributed by atoms with Crippen molar-refractivity contribution in [2.24, 2.45) is 5.92 Å². The van der Waals surface area contributed by atoms with E-state index in [0.717, 1.165) is 57.2 Å². The molecule has 1 aliphatic heterocycles. The van der Waals surface area contributed by atoms with Crippen molar-refractivity contribution in [3.63, 3.8) is 0 Å². The van der Waals surface area contributed by atoms with Gasteiger partial charge in [-0.25, -0.2) is 18.7 Å². The summed E-state index contributed by atoms with van der Waals surface area (Å²) < 4.78 is 27.8. The fourth-order valence-electron chi connectivity index (χ4n) is 3.71. The predicted octanol–water partition coefficient (Wildman–Crippen LogP) is 1.84. The maximum Gasteiger partial charge on any atom is 0.257 e. The molecule has 0 aliphatic carbocycles. The molecule has 2 heterocycles. The largest absolute Gasteiger partial charge is 0.354 e. The zero-order chi connectivity index (χ0) is 23.8. The summed E-state index contributed by atoms with van der Waals surface area (Å²) >= 11 is 0. The molecular weight excluding hydrogens is 430 g/mol. The van der Waals surface area contributed by atoms with Crippen molar-refractivity contribution in [3.8, 4) is 0 Å². The molecule has 1 saturated heterocycles. The smallest absolute Gasteiger partial charge is 0.257 e.